The second-order valence-corrected chi connectivity index (χ2v) is 6.96. The van der Waals surface area contributed by atoms with Crippen LogP contribution in [-0.2, 0) is 12.0 Å². The first kappa shape index (κ1) is 16.7. The Kier molecular flexibility index (Phi) is 5.37. The number of H-pyrrole nitrogens is 1. The summed E-state index contributed by atoms with van der Waals surface area (Å²) in [6, 6.07) is 10.0. The van der Waals surface area contributed by atoms with Crippen molar-refractivity contribution in [2.24, 2.45) is 0 Å². The number of aromatic amines is 1. The summed E-state index contributed by atoms with van der Waals surface area (Å²) in [5, 5.41) is 21.0. The molecule has 0 aliphatic heterocycles. The predicted molar refractivity (Wildman–Crippen MR) is 89.6 cm³/mol. The number of aliphatic hydroxyl groups is 1. The van der Waals surface area contributed by atoms with Gasteiger partial charge in [0.2, 0.25) is 0 Å². The molecule has 120 valence electrons. The van der Waals surface area contributed by atoms with E-state index < -0.39 is 6.10 Å². The highest BCUT2D eigenvalue weighted by molar-refractivity contribution is 5.23. The molecule has 0 spiro atoms. The van der Waals surface area contributed by atoms with Gasteiger partial charge in [0.25, 0.3) is 0 Å². The SMILES string of the molecule is CC(CC(O)c1ccccc1)NCc1cn[nH]c1C(C)(C)C. The monoisotopic (exact) mass is 301 g/mol. The van der Waals surface area contributed by atoms with Crippen LogP contribution in [0.5, 0.6) is 0 Å². The van der Waals surface area contributed by atoms with Crippen LogP contribution in [0.2, 0.25) is 0 Å². The summed E-state index contributed by atoms with van der Waals surface area (Å²) in [5.41, 5.74) is 3.37. The third-order valence-corrected chi connectivity index (χ3v) is 3.87. The van der Waals surface area contributed by atoms with E-state index >= 15 is 0 Å². The fourth-order valence-electron chi connectivity index (χ4n) is 2.61. The van der Waals surface area contributed by atoms with Gasteiger partial charge in [-0.1, -0.05) is 51.1 Å². The Hall–Kier alpha value is -1.65. The molecule has 1 aromatic heterocycles. The largest absolute Gasteiger partial charge is 0.388 e. The molecule has 2 aromatic rings. The van der Waals surface area contributed by atoms with Crippen LogP contribution in [0.1, 0.15) is 57.0 Å². The van der Waals surface area contributed by atoms with E-state index in [0.29, 0.717) is 6.42 Å². The first-order valence-corrected chi connectivity index (χ1v) is 7.87. The molecule has 2 atom stereocenters. The standard InChI is InChI=1S/C18H27N3O/c1-13(10-16(22)14-8-6-5-7-9-14)19-11-15-12-20-21-17(15)18(2,3)4/h5-9,12-13,16,19,22H,10-11H2,1-4H3,(H,20,21). The molecule has 0 amide bonds. The van der Waals surface area contributed by atoms with Gasteiger partial charge in [-0.15, -0.1) is 0 Å². The van der Waals surface area contributed by atoms with Crippen LogP contribution in [0.25, 0.3) is 0 Å². The van der Waals surface area contributed by atoms with E-state index in [1.165, 1.54) is 5.56 Å². The average Bonchev–Trinajstić information content (AvgIpc) is 2.94. The van der Waals surface area contributed by atoms with Crippen molar-refractivity contribution in [3.63, 3.8) is 0 Å². The van der Waals surface area contributed by atoms with E-state index in [0.717, 1.165) is 17.8 Å². The molecule has 4 heteroatoms. The van der Waals surface area contributed by atoms with Gasteiger partial charge in [0, 0.05) is 29.3 Å². The highest BCUT2D eigenvalue weighted by atomic mass is 16.3. The van der Waals surface area contributed by atoms with Gasteiger partial charge in [-0.2, -0.15) is 5.10 Å². The fourth-order valence-corrected chi connectivity index (χ4v) is 2.61. The first-order chi connectivity index (χ1) is 10.4. The average molecular weight is 301 g/mol. The highest BCUT2D eigenvalue weighted by Crippen LogP contribution is 2.23. The maximum Gasteiger partial charge on any atom is 0.0804 e. The lowest BCUT2D eigenvalue weighted by molar-refractivity contribution is 0.154. The van der Waals surface area contributed by atoms with Crippen LogP contribution in [-0.4, -0.2) is 21.3 Å². The zero-order chi connectivity index (χ0) is 16.2. The Morgan fingerprint density at radius 3 is 2.55 bits per heavy atom. The van der Waals surface area contributed by atoms with E-state index in [9.17, 15) is 5.11 Å². The second-order valence-electron chi connectivity index (χ2n) is 6.96. The number of hydrogen-bond acceptors (Lipinski definition) is 3. The van der Waals surface area contributed by atoms with E-state index in [-0.39, 0.29) is 11.5 Å². The lowest BCUT2D eigenvalue weighted by Gasteiger charge is -2.21. The van der Waals surface area contributed by atoms with Gasteiger partial charge >= 0.3 is 0 Å². The highest BCUT2D eigenvalue weighted by Gasteiger charge is 2.20. The molecular formula is C18H27N3O. The van der Waals surface area contributed by atoms with E-state index in [4.69, 9.17) is 0 Å². The van der Waals surface area contributed by atoms with E-state index in [1.54, 1.807) is 0 Å². The van der Waals surface area contributed by atoms with Gasteiger partial charge in [0.1, 0.15) is 0 Å². The molecular weight excluding hydrogens is 274 g/mol. The quantitative estimate of drug-likeness (QED) is 0.767. The molecule has 2 unspecified atom stereocenters. The fraction of sp³-hybridized carbons (Fsp3) is 0.500. The zero-order valence-electron chi connectivity index (χ0n) is 13.9. The number of benzene rings is 1. The predicted octanol–water partition coefficient (Wildman–Crippen LogP) is 3.31. The van der Waals surface area contributed by atoms with E-state index in [1.807, 2.05) is 36.5 Å². The lowest BCUT2D eigenvalue weighted by Crippen LogP contribution is -2.28. The molecule has 22 heavy (non-hydrogen) atoms. The lowest BCUT2D eigenvalue weighted by atomic mass is 9.89. The number of rotatable bonds is 6. The third kappa shape index (κ3) is 4.42. The van der Waals surface area contributed by atoms with Crippen LogP contribution in [0, 0.1) is 0 Å². The Bertz CT molecular complexity index is 572. The van der Waals surface area contributed by atoms with Crippen LogP contribution in [0.15, 0.2) is 36.5 Å². The minimum absolute atomic E-state index is 0.0559. The van der Waals surface area contributed by atoms with Gasteiger partial charge in [0.05, 0.1) is 12.3 Å². The molecule has 0 bridgehead atoms. The first-order valence-electron chi connectivity index (χ1n) is 7.87. The topological polar surface area (TPSA) is 60.9 Å². The summed E-state index contributed by atoms with van der Waals surface area (Å²) in [6.07, 6.45) is 2.14. The van der Waals surface area contributed by atoms with Crippen molar-refractivity contribution in [2.75, 3.05) is 0 Å². The molecule has 2 rings (SSSR count). The van der Waals surface area contributed by atoms with Gasteiger partial charge in [-0.05, 0) is 18.9 Å². The van der Waals surface area contributed by atoms with Gasteiger partial charge in [-0.25, -0.2) is 0 Å². The number of aliphatic hydroxyl groups excluding tert-OH is 1. The number of nitrogens with one attached hydrogen (secondary N) is 2. The molecule has 1 heterocycles. The Morgan fingerprint density at radius 2 is 1.91 bits per heavy atom. The molecule has 0 aliphatic rings. The van der Waals surface area contributed by atoms with Crippen molar-refractivity contribution in [3.8, 4) is 0 Å². The molecule has 4 nitrogen and oxygen atoms in total. The molecule has 0 fully saturated rings. The van der Waals surface area contributed by atoms with Crippen LogP contribution in [0.4, 0.5) is 0 Å². The summed E-state index contributed by atoms with van der Waals surface area (Å²) in [5.74, 6) is 0. The summed E-state index contributed by atoms with van der Waals surface area (Å²) >= 11 is 0. The maximum absolute atomic E-state index is 10.3. The zero-order valence-corrected chi connectivity index (χ0v) is 13.9. The summed E-state index contributed by atoms with van der Waals surface area (Å²) in [4.78, 5) is 0. The number of nitrogens with zero attached hydrogens (tertiary/aromatic N) is 1. The molecule has 0 radical (unpaired) electrons. The minimum Gasteiger partial charge on any atom is -0.388 e. The van der Waals surface area contributed by atoms with Crippen molar-refractivity contribution in [3.05, 3.63) is 53.3 Å². The van der Waals surface area contributed by atoms with Gasteiger partial charge < -0.3 is 10.4 Å². The van der Waals surface area contributed by atoms with Crippen molar-refractivity contribution in [1.82, 2.24) is 15.5 Å². The number of hydrogen-bond donors (Lipinski definition) is 3. The molecule has 0 saturated carbocycles. The molecule has 0 saturated heterocycles. The Morgan fingerprint density at radius 1 is 1.23 bits per heavy atom. The van der Waals surface area contributed by atoms with Crippen molar-refractivity contribution in [1.29, 1.82) is 0 Å². The summed E-state index contributed by atoms with van der Waals surface area (Å²) in [7, 11) is 0. The van der Waals surface area contributed by atoms with Crippen LogP contribution in [0.3, 0.4) is 0 Å². The molecule has 0 aliphatic carbocycles. The molecule has 3 N–H and O–H groups in total. The third-order valence-electron chi connectivity index (χ3n) is 3.87. The Balaban J connectivity index is 1.88. The summed E-state index contributed by atoms with van der Waals surface area (Å²) < 4.78 is 0. The molecule has 1 aromatic carbocycles. The second kappa shape index (κ2) is 7.07. The summed E-state index contributed by atoms with van der Waals surface area (Å²) in [6.45, 7) is 9.38. The maximum atomic E-state index is 10.3. The van der Waals surface area contributed by atoms with E-state index in [2.05, 4.69) is 43.2 Å². The number of aromatic nitrogens is 2. The smallest absolute Gasteiger partial charge is 0.0804 e. The van der Waals surface area contributed by atoms with Crippen LogP contribution < -0.4 is 5.32 Å². The Labute approximate surface area is 133 Å². The minimum atomic E-state index is -0.435. The van der Waals surface area contributed by atoms with Crippen molar-refractivity contribution >= 4 is 0 Å². The van der Waals surface area contributed by atoms with Crippen molar-refractivity contribution in [2.45, 2.75) is 58.2 Å². The van der Waals surface area contributed by atoms with Crippen LogP contribution >= 0.6 is 0 Å². The van der Waals surface area contributed by atoms with Gasteiger partial charge in [0.15, 0.2) is 0 Å². The van der Waals surface area contributed by atoms with Gasteiger partial charge in [-0.3, -0.25) is 5.10 Å². The normalized spacial score (nSPS) is 14.8. The van der Waals surface area contributed by atoms with Crippen molar-refractivity contribution < 1.29 is 5.11 Å².